The molecular weight excluding hydrogens is 236 g/mol. The van der Waals surface area contributed by atoms with Crippen molar-refractivity contribution in [3.63, 3.8) is 0 Å². The van der Waals surface area contributed by atoms with Gasteiger partial charge in [0, 0.05) is 11.8 Å². The van der Waals surface area contributed by atoms with E-state index in [-0.39, 0.29) is 23.4 Å². The molecule has 0 aliphatic heterocycles. The van der Waals surface area contributed by atoms with Crippen LogP contribution in [0.4, 0.5) is 0 Å². The molecule has 0 amide bonds. The standard InChI is InChI=1S/C17H20O2/c1-17(2)9-7-12-10(13(17)8-9)3-4-11-14(18)5-6-15(19)16(11)12/h3,5-6,9,11-13,16H,4,7-8H2,1-2H3. The van der Waals surface area contributed by atoms with Gasteiger partial charge in [0.25, 0.3) is 0 Å². The first kappa shape index (κ1) is 11.6. The smallest absolute Gasteiger partial charge is 0.160 e. The number of rotatable bonds is 0. The van der Waals surface area contributed by atoms with E-state index < -0.39 is 0 Å². The minimum Gasteiger partial charge on any atom is -0.295 e. The monoisotopic (exact) mass is 256 g/mol. The Bertz CT molecular complexity index is 537. The lowest BCUT2D eigenvalue weighted by molar-refractivity contribution is -0.135. The highest BCUT2D eigenvalue weighted by Crippen LogP contribution is 2.65. The van der Waals surface area contributed by atoms with E-state index in [1.165, 1.54) is 24.1 Å². The maximum atomic E-state index is 12.2. The maximum absolute atomic E-state index is 12.2. The van der Waals surface area contributed by atoms with Gasteiger partial charge < -0.3 is 0 Å². The van der Waals surface area contributed by atoms with Crippen molar-refractivity contribution in [1.29, 1.82) is 0 Å². The summed E-state index contributed by atoms with van der Waals surface area (Å²) in [5.74, 6) is 2.01. The summed E-state index contributed by atoms with van der Waals surface area (Å²) >= 11 is 0. The largest absolute Gasteiger partial charge is 0.295 e. The molecule has 0 saturated heterocycles. The van der Waals surface area contributed by atoms with Crippen molar-refractivity contribution >= 4 is 11.6 Å². The zero-order valence-corrected chi connectivity index (χ0v) is 11.6. The summed E-state index contributed by atoms with van der Waals surface area (Å²) in [6, 6.07) is 0. The van der Waals surface area contributed by atoms with Gasteiger partial charge in [-0.15, -0.1) is 0 Å². The molecule has 5 atom stereocenters. The fourth-order valence-electron chi connectivity index (χ4n) is 5.11. The third kappa shape index (κ3) is 1.32. The molecule has 19 heavy (non-hydrogen) atoms. The average molecular weight is 256 g/mol. The zero-order chi connectivity index (χ0) is 13.4. The molecule has 100 valence electrons. The number of allylic oxidation sites excluding steroid dienone is 4. The van der Waals surface area contributed by atoms with Crippen LogP contribution in [0.5, 0.6) is 0 Å². The van der Waals surface area contributed by atoms with Gasteiger partial charge in [0.05, 0.1) is 0 Å². The van der Waals surface area contributed by atoms with Crippen LogP contribution in [0.25, 0.3) is 0 Å². The third-order valence-corrected chi connectivity index (χ3v) is 6.42. The topological polar surface area (TPSA) is 34.1 Å². The first-order valence-electron chi connectivity index (χ1n) is 7.46. The molecule has 5 aliphatic carbocycles. The van der Waals surface area contributed by atoms with Crippen LogP contribution in [0, 0.1) is 35.0 Å². The summed E-state index contributed by atoms with van der Waals surface area (Å²) in [5, 5.41) is 0. The number of ketones is 2. The highest BCUT2D eigenvalue weighted by Gasteiger charge is 2.59. The lowest BCUT2D eigenvalue weighted by atomic mass is 9.42. The minimum atomic E-state index is -0.0631. The van der Waals surface area contributed by atoms with E-state index in [1.807, 2.05) is 0 Å². The average Bonchev–Trinajstić information content (AvgIpc) is 2.41. The predicted molar refractivity (Wildman–Crippen MR) is 72.3 cm³/mol. The second-order valence-corrected chi connectivity index (χ2v) is 7.36. The molecule has 0 aromatic heterocycles. The second kappa shape index (κ2) is 3.47. The Labute approximate surface area is 113 Å². The van der Waals surface area contributed by atoms with Crippen LogP contribution in [0.2, 0.25) is 0 Å². The number of carbonyl (C=O) groups is 2. The van der Waals surface area contributed by atoms with Crippen molar-refractivity contribution in [2.75, 3.05) is 0 Å². The van der Waals surface area contributed by atoms with Crippen LogP contribution in [-0.2, 0) is 9.59 Å². The Kier molecular flexibility index (Phi) is 2.13. The summed E-state index contributed by atoms with van der Waals surface area (Å²) < 4.78 is 0. The van der Waals surface area contributed by atoms with Gasteiger partial charge in [0.2, 0.25) is 0 Å². The molecule has 5 unspecified atom stereocenters. The van der Waals surface area contributed by atoms with E-state index in [9.17, 15) is 9.59 Å². The van der Waals surface area contributed by atoms with E-state index in [1.54, 1.807) is 0 Å². The van der Waals surface area contributed by atoms with Crippen LogP contribution >= 0.6 is 0 Å². The lowest BCUT2D eigenvalue weighted by Gasteiger charge is -2.62. The van der Waals surface area contributed by atoms with Crippen LogP contribution in [-0.4, -0.2) is 11.6 Å². The lowest BCUT2D eigenvalue weighted by Crippen LogP contribution is -2.56. The molecule has 2 heteroatoms. The highest BCUT2D eigenvalue weighted by atomic mass is 16.1. The molecule has 2 bridgehead atoms. The van der Waals surface area contributed by atoms with E-state index in [2.05, 4.69) is 19.9 Å². The van der Waals surface area contributed by atoms with Crippen molar-refractivity contribution in [3.8, 4) is 0 Å². The molecule has 5 aliphatic rings. The van der Waals surface area contributed by atoms with Crippen LogP contribution in [0.1, 0.15) is 33.1 Å². The van der Waals surface area contributed by atoms with Crippen molar-refractivity contribution in [3.05, 3.63) is 23.8 Å². The fraction of sp³-hybridized carbons (Fsp3) is 0.647. The van der Waals surface area contributed by atoms with Gasteiger partial charge >= 0.3 is 0 Å². The summed E-state index contributed by atoms with van der Waals surface area (Å²) in [5.41, 5.74) is 1.91. The van der Waals surface area contributed by atoms with E-state index in [4.69, 9.17) is 0 Å². The summed E-state index contributed by atoms with van der Waals surface area (Å²) in [4.78, 5) is 24.2. The highest BCUT2D eigenvalue weighted by molar-refractivity contribution is 6.07. The zero-order valence-electron chi connectivity index (χ0n) is 11.6. The Morgan fingerprint density at radius 1 is 1.05 bits per heavy atom. The van der Waals surface area contributed by atoms with Gasteiger partial charge in [-0.25, -0.2) is 0 Å². The molecule has 3 fully saturated rings. The maximum Gasteiger partial charge on any atom is 0.160 e. The van der Waals surface area contributed by atoms with Crippen LogP contribution in [0.15, 0.2) is 23.8 Å². The Balaban J connectivity index is 1.75. The molecule has 0 aromatic rings. The Hall–Kier alpha value is -1.18. The minimum absolute atomic E-state index is 0.0427. The predicted octanol–water partition coefficient (Wildman–Crippen LogP) is 2.94. The van der Waals surface area contributed by atoms with Crippen molar-refractivity contribution in [2.24, 2.45) is 35.0 Å². The first-order valence-corrected chi connectivity index (χ1v) is 7.46. The normalized spacial score (nSPS) is 46.0. The number of hydrogen-bond acceptors (Lipinski definition) is 2. The van der Waals surface area contributed by atoms with Gasteiger partial charge in [-0.05, 0) is 54.6 Å². The van der Waals surface area contributed by atoms with Gasteiger partial charge in [-0.2, -0.15) is 0 Å². The van der Waals surface area contributed by atoms with Gasteiger partial charge in [-0.1, -0.05) is 25.5 Å². The summed E-state index contributed by atoms with van der Waals surface area (Å²) in [7, 11) is 0. The SMILES string of the molecule is CC1(C)C2CC3C(=CCC4C(=O)C=CC(=O)C43)C1C2. The Morgan fingerprint density at radius 2 is 1.79 bits per heavy atom. The number of carbonyl (C=O) groups excluding carboxylic acids is 2. The molecule has 2 nitrogen and oxygen atoms in total. The van der Waals surface area contributed by atoms with Crippen molar-refractivity contribution < 1.29 is 9.59 Å². The van der Waals surface area contributed by atoms with Crippen LogP contribution in [0.3, 0.4) is 0 Å². The fourth-order valence-corrected chi connectivity index (χ4v) is 5.11. The Morgan fingerprint density at radius 3 is 2.53 bits per heavy atom. The second-order valence-electron chi connectivity index (χ2n) is 7.36. The quantitative estimate of drug-likeness (QED) is 0.624. The summed E-state index contributed by atoms with van der Waals surface area (Å²) in [6.45, 7) is 4.73. The van der Waals surface area contributed by atoms with E-state index in [0.717, 1.165) is 18.8 Å². The number of fused-ring (bicyclic) bond motifs is 1. The third-order valence-electron chi connectivity index (χ3n) is 6.42. The van der Waals surface area contributed by atoms with Gasteiger partial charge in [0.1, 0.15) is 0 Å². The molecule has 0 N–H and O–H groups in total. The van der Waals surface area contributed by atoms with E-state index >= 15 is 0 Å². The van der Waals surface area contributed by atoms with Gasteiger partial charge in [-0.3, -0.25) is 9.59 Å². The number of hydrogen-bond donors (Lipinski definition) is 0. The molecule has 0 spiro atoms. The molecule has 0 aromatic carbocycles. The van der Waals surface area contributed by atoms with E-state index in [0.29, 0.717) is 17.3 Å². The first-order chi connectivity index (χ1) is 9.00. The molecule has 0 radical (unpaired) electrons. The molecule has 0 heterocycles. The van der Waals surface area contributed by atoms with Gasteiger partial charge in [0.15, 0.2) is 11.6 Å². The van der Waals surface area contributed by atoms with Crippen molar-refractivity contribution in [1.82, 2.24) is 0 Å². The summed E-state index contributed by atoms with van der Waals surface area (Å²) in [6.07, 6.45) is 8.52. The molecule has 3 saturated carbocycles. The van der Waals surface area contributed by atoms with Crippen molar-refractivity contribution in [2.45, 2.75) is 33.1 Å². The molecule has 5 rings (SSSR count). The van der Waals surface area contributed by atoms with Crippen LogP contribution < -0.4 is 0 Å². The molecular formula is C17H20O2.